The zero-order valence-electron chi connectivity index (χ0n) is 20.8. The summed E-state index contributed by atoms with van der Waals surface area (Å²) >= 11 is 7.58. The minimum Gasteiger partial charge on any atom is -0.359 e. The number of ether oxygens (including phenoxy) is 1. The summed E-state index contributed by atoms with van der Waals surface area (Å²) in [5, 5.41) is 8.88. The third kappa shape index (κ3) is 7.30. The maximum atomic E-state index is 11.5. The van der Waals surface area contributed by atoms with Crippen LogP contribution < -0.4 is 5.32 Å². The topological polar surface area (TPSA) is 94.8 Å². The molecule has 0 aliphatic carbocycles. The molecule has 0 fully saturated rings. The molecule has 1 aromatic carbocycles. The molecule has 11 heteroatoms. The number of rotatable bonds is 10. The Labute approximate surface area is 220 Å². The van der Waals surface area contributed by atoms with E-state index in [-0.39, 0.29) is 5.91 Å². The van der Waals surface area contributed by atoms with Crippen LogP contribution >= 0.6 is 22.9 Å². The number of nitrogens with zero attached hydrogens (tertiary/aromatic N) is 5. The lowest BCUT2D eigenvalue weighted by atomic mass is 10.1. The molecule has 0 radical (unpaired) electrons. The summed E-state index contributed by atoms with van der Waals surface area (Å²) in [6.45, 7) is 9.52. The maximum absolute atomic E-state index is 11.5. The molecule has 188 valence electrons. The maximum Gasteiger partial charge on any atom is 0.222 e. The van der Waals surface area contributed by atoms with Gasteiger partial charge in [-0.05, 0) is 35.9 Å². The van der Waals surface area contributed by atoms with Crippen LogP contribution in [0.25, 0.3) is 21.3 Å². The Hall–Kier alpha value is -2.92. The van der Waals surface area contributed by atoms with Crippen LogP contribution in [-0.4, -0.2) is 45.3 Å². The van der Waals surface area contributed by atoms with Crippen molar-refractivity contribution in [2.75, 3.05) is 11.9 Å². The number of pyridine rings is 1. The number of carbonyl (C=O) groups excluding carboxylic acids is 1. The normalized spacial score (nSPS) is 11.6. The largest absolute Gasteiger partial charge is 0.359 e. The van der Waals surface area contributed by atoms with Gasteiger partial charge in [-0.3, -0.25) is 4.79 Å². The molecule has 0 unspecified atom stereocenters. The molecule has 4 aromatic rings. The van der Waals surface area contributed by atoms with Crippen molar-refractivity contribution in [3.8, 4) is 21.3 Å². The van der Waals surface area contributed by atoms with Gasteiger partial charge in [0.1, 0.15) is 23.9 Å². The highest BCUT2D eigenvalue weighted by Gasteiger charge is 2.19. The summed E-state index contributed by atoms with van der Waals surface area (Å²) in [7, 11) is -1.15. The predicted octanol–water partition coefficient (Wildman–Crippen LogP) is 5.98. The fourth-order valence-corrected chi connectivity index (χ4v) is 5.27. The van der Waals surface area contributed by atoms with Gasteiger partial charge in [-0.2, -0.15) is 0 Å². The Morgan fingerprint density at radius 2 is 1.94 bits per heavy atom. The first-order chi connectivity index (χ1) is 17.2. The van der Waals surface area contributed by atoms with E-state index < -0.39 is 8.07 Å². The number of hydrogen-bond donors (Lipinski definition) is 1. The van der Waals surface area contributed by atoms with Gasteiger partial charge in [0.05, 0.1) is 10.6 Å². The first-order valence-electron chi connectivity index (χ1n) is 11.6. The highest BCUT2D eigenvalue weighted by atomic mass is 35.5. The van der Waals surface area contributed by atoms with Gasteiger partial charge in [0, 0.05) is 44.8 Å². The van der Waals surface area contributed by atoms with E-state index in [0.29, 0.717) is 29.8 Å². The van der Waals surface area contributed by atoms with Crippen LogP contribution in [0, 0.1) is 0 Å². The minimum absolute atomic E-state index is 0.176. The molecule has 36 heavy (non-hydrogen) atoms. The molecule has 3 aromatic heterocycles. The van der Waals surface area contributed by atoms with E-state index in [9.17, 15) is 4.79 Å². The van der Waals surface area contributed by atoms with E-state index in [1.807, 2.05) is 36.4 Å². The van der Waals surface area contributed by atoms with Gasteiger partial charge in [0.2, 0.25) is 5.91 Å². The summed E-state index contributed by atoms with van der Waals surface area (Å²) in [4.78, 5) is 26.1. The van der Waals surface area contributed by atoms with Crippen molar-refractivity contribution in [1.82, 2.24) is 24.7 Å². The van der Waals surface area contributed by atoms with Crippen LogP contribution in [0.5, 0.6) is 0 Å². The summed E-state index contributed by atoms with van der Waals surface area (Å²) < 4.78 is 7.55. The molecule has 1 amide bonds. The third-order valence-corrected chi connectivity index (χ3v) is 8.35. The van der Waals surface area contributed by atoms with Gasteiger partial charge >= 0.3 is 0 Å². The van der Waals surface area contributed by atoms with E-state index in [1.165, 1.54) is 18.3 Å². The molecular weight excluding hydrogens is 512 g/mol. The van der Waals surface area contributed by atoms with Crippen LogP contribution in [0.3, 0.4) is 0 Å². The number of nitrogens with one attached hydrogen (secondary N) is 1. The molecule has 0 bridgehead atoms. The molecule has 3 heterocycles. The van der Waals surface area contributed by atoms with Gasteiger partial charge in [0.25, 0.3) is 0 Å². The van der Waals surface area contributed by atoms with E-state index in [2.05, 4.69) is 40.0 Å². The number of benzene rings is 1. The van der Waals surface area contributed by atoms with Crippen LogP contribution in [0.1, 0.15) is 18.2 Å². The standard InChI is InChI=1S/C25H29ClN6O2SSi/c1-17(33)29-22-14-19(9-10-27-22)25-30-21(13-18-5-7-20(26)8-6-18)23(35-25)24-28-15-32(31-24)16-34-11-12-36(2,3)4/h5-10,14-15H,11-13,16H2,1-4H3,(H,27,29,33). The smallest absolute Gasteiger partial charge is 0.222 e. The third-order valence-electron chi connectivity index (χ3n) is 5.25. The Bertz CT molecular complexity index is 1330. The first kappa shape index (κ1) is 26.1. The summed E-state index contributed by atoms with van der Waals surface area (Å²) in [5.41, 5.74) is 2.81. The Morgan fingerprint density at radius 1 is 1.17 bits per heavy atom. The summed E-state index contributed by atoms with van der Waals surface area (Å²) in [6, 6.07) is 12.5. The van der Waals surface area contributed by atoms with Crippen molar-refractivity contribution in [3.63, 3.8) is 0 Å². The number of carbonyl (C=O) groups is 1. The molecule has 0 spiro atoms. The first-order valence-corrected chi connectivity index (χ1v) is 16.5. The second-order valence-electron chi connectivity index (χ2n) is 9.66. The van der Waals surface area contributed by atoms with Crippen molar-refractivity contribution in [2.45, 2.75) is 45.8 Å². The summed E-state index contributed by atoms with van der Waals surface area (Å²) in [5.74, 6) is 0.909. The number of hydrogen-bond acceptors (Lipinski definition) is 7. The van der Waals surface area contributed by atoms with Gasteiger partial charge in [-0.25, -0.2) is 19.6 Å². The second kappa shape index (κ2) is 11.4. The van der Waals surface area contributed by atoms with Crippen LogP contribution in [0.4, 0.5) is 5.82 Å². The Balaban J connectivity index is 1.61. The Kier molecular flexibility index (Phi) is 8.30. The summed E-state index contributed by atoms with van der Waals surface area (Å²) in [6.07, 6.45) is 3.95. The molecule has 1 N–H and O–H groups in total. The molecule has 0 aliphatic rings. The molecule has 0 aliphatic heterocycles. The van der Waals surface area contributed by atoms with Crippen molar-refractivity contribution in [3.05, 3.63) is 65.2 Å². The van der Waals surface area contributed by atoms with Gasteiger partial charge in [-0.1, -0.05) is 43.4 Å². The number of aromatic nitrogens is 5. The predicted molar refractivity (Wildman–Crippen MR) is 147 cm³/mol. The number of halogens is 1. The molecule has 0 atom stereocenters. The Morgan fingerprint density at radius 3 is 2.67 bits per heavy atom. The molecule has 8 nitrogen and oxygen atoms in total. The van der Waals surface area contributed by atoms with Crippen molar-refractivity contribution in [2.24, 2.45) is 0 Å². The lowest BCUT2D eigenvalue weighted by Gasteiger charge is -2.15. The zero-order chi connectivity index (χ0) is 25.7. The van der Waals surface area contributed by atoms with E-state index in [0.717, 1.165) is 39.4 Å². The fourth-order valence-electron chi connectivity index (χ4n) is 3.37. The number of anilines is 1. The molecule has 0 saturated heterocycles. The monoisotopic (exact) mass is 540 g/mol. The SMILES string of the molecule is CC(=O)Nc1cc(-c2nc(Cc3ccc(Cl)cc3)c(-c3ncn(COCC[Si](C)(C)C)n3)s2)ccn1. The zero-order valence-corrected chi connectivity index (χ0v) is 23.4. The second-order valence-corrected chi connectivity index (χ2v) is 16.7. The lowest BCUT2D eigenvalue weighted by molar-refractivity contribution is -0.114. The van der Waals surface area contributed by atoms with Crippen molar-refractivity contribution < 1.29 is 9.53 Å². The minimum atomic E-state index is -1.15. The van der Waals surface area contributed by atoms with Crippen LogP contribution in [0.15, 0.2) is 48.9 Å². The van der Waals surface area contributed by atoms with E-state index in [4.69, 9.17) is 21.3 Å². The quantitative estimate of drug-likeness (QED) is 0.196. The number of thiazole rings is 1. The van der Waals surface area contributed by atoms with E-state index in [1.54, 1.807) is 17.2 Å². The van der Waals surface area contributed by atoms with Crippen LogP contribution in [-0.2, 0) is 22.7 Å². The highest BCUT2D eigenvalue weighted by molar-refractivity contribution is 7.18. The molecule has 0 saturated carbocycles. The van der Waals surface area contributed by atoms with Gasteiger partial charge in [0.15, 0.2) is 5.82 Å². The van der Waals surface area contributed by atoms with Crippen molar-refractivity contribution >= 4 is 42.7 Å². The average Bonchev–Trinajstić information content (AvgIpc) is 3.44. The van der Waals surface area contributed by atoms with Crippen LogP contribution in [0.2, 0.25) is 30.7 Å². The van der Waals surface area contributed by atoms with Crippen molar-refractivity contribution in [1.29, 1.82) is 0 Å². The fraction of sp³-hybridized carbons (Fsp3) is 0.320. The molecule has 4 rings (SSSR count). The lowest BCUT2D eigenvalue weighted by Crippen LogP contribution is -2.22. The average molecular weight is 541 g/mol. The van der Waals surface area contributed by atoms with E-state index >= 15 is 0 Å². The van der Waals surface area contributed by atoms with Gasteiger partial charge < -0.3 is 10.1 Å². The number of amides is 1. The highest BCUT2D eigenvalue weighted by Crippen LogP contribution is 2.35. The molecular formula is C25H29ClN6O2SSi. The van der Waals surface area contributed by atoms with Gasteiger partial charge in [-0.15, -0.1) is 16.4 Å².